The van der Waals surface area contributed by atoms with Crippen LogP contribution in [-0.2, 0) is 14.8 Å². The van der Waals surface area contributed by atoms with Crippen LogP contribution in [0.5, 0.6) is 5.75 Å². The van der Waals surface area contributed by atoms with Crippen molar-refractivity contribution in [1.82, 2.24) is 14.5 Å². The third-order valence-corrected chi connectivity index (χ3v) is 8.25. The van der Waals surface area contributed by atoms with E-state index in [4.69, 9.17) is 4.74 Å². The summed E-state index contributed by atoms with van der Waals surface area (Å²) < 4.78 is 32.2. The normalized spacial score (nSPS) is 25.4. The van der Waals surface area contributed by atoms with Gasteiger partial charge >= 0.3 is 0 Å². The number of ether oxygens (including phenoxy) is 1. The molecule has 1 aromatic carbocycles. The zero-order valence-electron chi connectivity index (χ0n) is 15.7. The number of rotatable bonds is 4. The Morgan fingerprint density at radius 2 is 1.74 bits per heavy atom. The second kappa shape index (κ2) is 7.07. The van der Waals surface area contributed by atoms with E-state index in [1.54, 1.807) is 31.4 Å². The van der Waals surface area contributed by atoms with Crippen molar-refractivity contribution in [2.24, 2.45) is 11.3 Å². The van der Waals surface area contributed by atoms with E-state index in [1.807, 2.05) is 4.90 Å². The Morgan fingerprint density at radius 3 is 2.33 bits per heavy atom. The molecule has 4 rings (SSSR count). The lowest BCUT2D eigenvalue weighted by Crippen LogP contribution is -2.51. The van der Waals surface area contributed by atoms with Crippen LogP contribution >= 0.6 is 0 Å². The Hall–Kier alpha value is -1.64. The van der Waals surface area contributed by atoms with E-state index in [1.165, 1.54) is 4.31 Å². The molecule has 3 fully saturated rings. The molecule has 1 atom stereocenters. The number of piperazine rings is 1. The van der Waals surface area contributed by atoms with Crippen LogP contribution in [0.4, 0.5) is 0 Å². The highest BCUT2D eigenvalue weighted by atomic mass is 32.2. The van der Waals surface area contributed by atoms with Crippen molar-refractivity contribution in [3.63, 3.8) is 0 Å². The number of nitrogens with one attached hydrogen (secondary N) is 1. The van der Waals surface area contributed by atoms with E-state index >= 15 is 0 Å². The van der Waals surface area contributed by atoms with Crippen LogP contribution in [0.25, 0.3) is 0 Å². The first kappa shape index (κ1) is 18.7. The van der Waals surface area contributed by atoms with Crippen LogP contribution in [-0.4, -0.2) is 69.9 Å². The number of carbonyl (C=O) groups is 1. The second-order valence-electron chi connectivity index (χ2n) is 7.77. The van der Waals surface area contributed by atoms with Crippen LogP contribution in [0.3, 0.4) is 0 Å². The first-order valence-corrected chi connectivity index (χ1v) is 11.0. The monoisotopic (exact) mass is 393 g/mol. The van der Waals surface area contributed by atoms with Crippen molar-refractivity contribution < 1.29 is 17.9 Å². The highest BCUT2D eigenvalue weighted by Gasteiger charge is 2.58. The highest BCUT2D eigenvalue weighted by molar-refractivity contribution is 7.89. The Balaban J connectivity index is 1.36. The molecule has 2 aliphatic heterocycles. The molecule has 1 spiro atoms. The molecule has 2 saturated heterocycles. The third kappa shape index (κ3) is 3.46. The summed E-state index contributed by atoms with van der Waals surface area (Å²) in [6, 6.07) is 6.43. The number of carbonyl (C=O) groups excluding carboxylic acids is 1. The summed E-state index contributed by atoms with van der Waals surface area (Å²) in [7, 11) is -1.99. The number of piperidine rings is 1. The molecule has 0 aromatic heterocycles. The molecular formula is C19H27N3O4S. The topological polar surface area (TPSA) is 79.0 Å². The molecule has 7 nitrogen and oxygen atoms in total. The molecule has 27 heavy (non-hydrogen) atoms. The summed E-state index contributed by atoms with van der Waals surface area (Å²) >= 11 is 0. The van der Waals surface area contributed by atoms with E-state index in [0.29, 0.717) is 31.9 Å². The average Bonchev–Trinajstić information content (AvgIpc) is 3.40. The summed E-state index contributed by atoms with van der Waals surface area (Å²) in [5.74, 6) is 0.989. The van der Waals surface area contributed by atoms with Crippen LogP contribution < -0.4 is 10.1 Å². The minimum absolute atomic E-state index is 0.143. The van der Waals surface area contributed by atoms with Crippen molar-refractivity contribution in [3.8, 4) is 5.75 Å². The lowest BCUT2D eigenvalue weighted by Gasteiger charge is -2.35. The number of hydrogen-bond donors (Lipinski definition) is 1. The van der Waals surface area contributed by atoms with Gasteiger partial charge in [-0.3, -0.25) is 4.79 Å². The number of methoxy groups -OCH3 is 1. The molecule has 1 aliphatic carbocycles. The standard InChI is InChI=1S/C19H27N3O4S/c1-26-15-2-4-16(5-3-15)27(24,25)22-12-10-21(11-13-22)18(23)17-14-19(17)6-8-20-9-7-19/h2-5,17,20H,6-14H2,1H3. The molecule has 2 heterocycles. The summed E-state index contributed by atoms with van der Waals surface area (Å²) in [5.41, 5.74) is 0.217. The van der Waals surface area contributed by atoms with Crippen LogP contribution in [0.1, 0.15) is 19.3 Å². The van der Waals surface area contributed by atoms with E-state index in [-0.39, 0.29) is 22.1 Å². The third-order valence-electron chi connectivity index (χ3n) is 6.33. The van der Waals surface area contributed by atoms with Gasteiger partial charge in [-0.1, -0.05) is 0 Å². The van der Waals surface area contributed by atoms with E-state index in [0.717, 1.165) is 32.4 Å². The molecule has 1 aromatic rings. The van der Waals surface area contributed by atoms with Crippen molar-refractivity contribution in [2.45, 2.75) is 24.2 Å². The zero-order chi connectivity index (χ0) is 19.1. The molecule has 0 radical (unpaired) electrons. The molecule has 1 amide bonds. The van der Waals surface area contributed by atoms with Gasteiger partial charge in [-0.25, -0.2) is 8.42 Å². The number of hydrogen-bond acceptors (Lipinski definition) is 5. The first-order valence-electron chi connectivity index (χ1n) is 9.60. The average molecular weight is 394 g/mol. The first-order chi connectivity index (χ1) is 13.0. The fraction of sp³-hybridized carbons (Fsp3) is 0.632. The number of sulfonamides is 1. The molecule has 0 bridgehead atoms. The maximum absolute atomic E-state index is 12.9. The van der Waals surface area contributed by atoms with Crippen molar-refractivity contribution in [1.29, 1.82) is 0 Å². The van der Waals surface area contributed by atoms with Gasteiger partial charge in [0, 0.05) is 32.1 Å². The number of amides is 1. The fourth-order valence-corrected chi connectivity index (χ4v) is 5.86. The van der Waals surface area contributed by atoms with Gasteiger partial charge in [0.15, 0.2) is 0 Å². The molecule has 8 heteroatoms. The Labute approximate surface area is 160 Å². The maximum atomic E-state index is 12.9. The van der Waals surface area contributed by atoms with E-state index < -0.39 is 10.0 Å². The smallest absolute Gasteiger partial charge is 0.243 e. The molecule has 148 valence electrons. The van der Waals surface area contributed by atoms with Gasteiger partial charge in [0.25, 0.3) is 0 Å². The quantitative estimate of drug-likeness (QED) is 0.823. The van der Waals surface area contributed by atoms with Crippen LogP contribution in [0, 0.1) is 11.3 Å². The lowest BCUT2D eigenvalue weighted by molar-refractivity contribution is -0.134. The minimum atomic E-state index is -3.54. The van der Waals surface area contributed by atoms with Gasteiger partial charge in [0.1, 0.15) is 5.75 Å². The Morgan fingerprint density at radius 1 is 1.11 bits per heavy atom. The van der Waals surface area contributed by atoms with Gasteiger partial charge in [-0.2, -0.15) is 4.31 Å². The largest absolute Gasteiger partial charge is 0.497 e. The highest BCUT2D eigenvalue weighted by Crippen LogP contribution is 2.59. The predicted octanol–water partition coefficient (Wildman–Crippen LogP) is 0.918. The van der Waals surface area contributed by atoms with Crippen molar-refractivity contribution >= 4 is 15.9 Å². The van der Waals surface area contributed by atoms with E-state index in [2.05, 4.69) is 5.32 Å². The van der Waals surface area contributed by atoms with Crippen molar-refractivity contribution in [3.05, 3.63) is 24.3 Å². The molecular weight excluding hydrogens is 366 g/mol. The maximum Gasteiger partial charge on any atom is 0.243 e. The van der Waals surface area contributed by atoms with Crippen LogP contribution in [0.15, 0.2) is 29.2 Å². The minimum Gasteiger partial charge on any atom is -0.497 e. The summed E-state index contributed by atoms with van der Waals surface area (Å²) in [6.07, 6.45) is 3.16. The molecule has 1 N–H and O–H groups in total. The SMILES string of the molecule is COc1ccc(S(=O)(=O)N2CCN(C(=O)C3CC34CCNCC4)CC2)cc1. The predicted molar refractivity (Wildman–Crippen MR) is 101 cm³/mol. The van der Waals surface area contributed by atoms with Gasteiger partial charge in [0.2, 0.25) is 15.9 Å². The fourth-order valence-electron chi connectivity index (χ4n) is 4.44. The van der Waals surface area contributed by atoms with Crippen molar-refractivity contribution in [2.75, 3.05) is 46.4 Å². The Kier molecular flexibility index (Phi) is 4.90. The van der Waals surface area contributed by atoms with Gasteiger partial charge in [-0.05, 0) is 62.0 Å². The Bertz CT molecular complexity index is 795. The summed E-state index contributed by atoms with van der Waals surface area (Å²) in [4.78, 5) is 15.0. The van der Waals surface area contributed by atoms with Gasteiger partial charge in [0.05, 0.1) is 12.0 Å². The summed E-state index contributed by atoms with van der Waals surface area (Å²) in [5, 5.41) is 3.36. The molecule has 3 aliphatic rings. The number of nitrogens with zero attached hydrogens (tertiary/aromatic N) is 2. The lowest BCUT2D eigenvalue weighted by atomic mass is 9.91. The van der Waals surface area contributed by atoms with Crippen LogP contribution in [0.2, 0.25) is 0 Å². The second-order valence-corrected chi connectivity index (χ2v) is 9.71. The molecule has 1 saturated carbocycles. The summed E-state index contributed by atoms with van der Waals surface area (Å²) in [6.45, 7) is 3.64. The van der Waals surface area contributed by atoms with E-state index in [9.17, 15) is 13.2 Å². The van der Waals surface area contributed by atoms with Gasteiger partial charge in [-0.15, -0.1) is 0 Å². The van der Waals surface area contributed by atoms with Gasteiger partial charge < -0.3 is 15.0 Å². The molecule has 1 unspecified atom stereocenters. The zero-order valence-corrected chi connectivity index (χ0v) is 16.5. The number of benzene rings is 1.